The summed E-state index contributed by atoms with van der Waals surface area (Å²) in [7, 11) is 0. The SMILES string of the molecule is C#C/C=c1/cccc/c1=C(/C)c1ccc(N(C2=CC=C[C@H]3c4cccc(-c5ccccc5)c4OC23)c2ccc(-c3ccc(-c4ccccc4)c(-c4ccccc4)c3)cc2)cc1. The zero-order chi connectivity index (χ0) is 41.1. The van der Waals surface area contributed by atoms with Crippen LogP contribution in [0.3, 0.4) is 0 Å². The molecule has 10 rings (SSSR count). The number of fused-ring (bicyclic) bond motifs is 3. The Morgan fingerprint density at radius 3 is 1.82 bits per heavy atom. The van der Waals surface area contributed by atoms with Gasteiger partial charge in [0.25, 0.3) is 0 Å². The Morgan fingerprint density at radius 2 is 1.15 bits per heavy atom. The first kappa shape index (κ1) is 37.4. The number of para-hydroxylation sites is 1. The molecule has 0 saturated carbocycles. The predicted octanol–water partition coefficient (Wildman–Crippen LogP) is 13.1. The number of nitrogens with zero attached hydrogens (tertiary/aromatic N) is 1. The summed E-state index contributed by atoms with van der Waals surface area (Å²) in [5, 5.41) is 2.17. The largest absolute Gasteiger partial charge is 0.482 e. The number of terminal acetylenes is 1. The smallest absolute Gasteiger partial charge is 0.149 e. The van der Waals surface area contributed by atoms with Gasteiger partial charge in [-0.1, -0.05) is 188 Å². The number of ether oxygens (including phenoxy) is 1. The molecule has 1 aliphatic heterocycles. The normalized spacial score (nSPS) is 15.8. The van der Waals surface area contributed by atoms with E-state index < -0.39 is 0 Å². The minimum atomic E-state index is -0.220. The van der Waals surface area contributed by atoms with Crippen LogP contribution in [0.1, 0.15) is 24.0 Å². The summed E-state index contributed by atoms with van der Waals surface area (Å²) in [4.78, 5) is 2.37. The Bertz CT molecular complexity index is 3100. The summed E-state index contributed by atoms with van der Waals surface area (Å²) in [5.41, 5.74) is 16.1. The lowest BCUT2D eigenvalue weighted by molar-refractivity contribution is 0.254. The van der Waals surface area contributed by atoms with E-state index in [-0.39, 0.29) is 12.0 Å². The highest BCUT2D eigenvalue weighted by atomic mass is 16.5. The summed E-state index contributed by atoms with van der Waals surface area (Å²) in [6, 6.07) is 71.4. The maximum absolute atomic E-state index is 7.10. The van der Waals surface area contributed by atoms with Gasteiger partial charge in [-0.2, -0.15) is 0 Å². The van der Waals surface area contributed by atoms with Crippen LogP contribution in [0.4, 0.5) is 11.4 Å². The third-order valence-corrected chi connectivity index (χ3v) is 12.0. The minimum Gasteiger partial charge on any atom is -0.482 e. The van der Waals surface area contributed by atoms with Crippen molar-refractivity contribution in [2.45, 2.75) is 18.9 Å². The van der Waals surface area contributed by atoms with Crippen LogP contribution < -0.4 is 20.1 Å². The Hall–Kier alpha value is -7.86. The molecule has 290 valence electrons. The fraction of sp³-hybridized carbons (Fsp3) is 0.0508. The van der Waals surface area contributed by atoms with E-state index in [1.54, 1.807) is 0 Å². The lowest BCUT2D eigenvalue weighted by Gasteiger charge is -2.34. The fourth-order valence-corrected chi connectivity index (χ4v) is 8.95. The quantitative estimate of drug-likeness (QED) is 0.142. The van der Waals surface area contributed by atoms with Gasteiger partial charge in [0.2, 0.25) is 0 Å². The highest BCUT2D eigenvalue weighted by Crippen LogP contribution is 2.50. The van der Waals surface area contributed by atoms with Crippen LogP contribution in [0.5, 0.6) is 5.75 Å². The van der Waals surface area contributed by atoms with Crippen LogP contribution >= 0.6 is 0 Å². The molecule has 0 saturated heterocycles. The molecule has 1 aliphatic carbocycles. The van der Waals surface area contributed by atoms with Crippen LogP contribution in [0.2, 0.25) is 0 Å². The van der Waals surface area contributed by atoms with Crippen molar-refractivity contribution >= 4 is 23.0 Å². The molecule has 2 aliphatic rings. The molecule has 0 bridgehead atoms. The van der Waals surface area contributed by atoms with E-state index in [1.807, 2.05) is 12.1 Å². The number of hydrogen-bond donors (Lipinski definition) is 0. The molecule has 1 heterocycles. The lowest BCUT2D eigenvalue weighted by atomic mass is 9.88. The van der Waals surface area contributed by atoms with Crippen molar-refractivity contribution in [2.75, 3.05) is 4.90 Å². The second-order valence-corrected chi connectivity index (χ2v) is 15.6. The van der Waals surface area contributed by atoms with Gasteiger partial charge in [0, 0.05) is 28.4 Å². The molecule has 0 fully saturated rings. The maximum atomic E-state index is 7.10. The first-order valence-corrected chi connectivity index (χ1v) is 20.9. The van der Waals surface area contributed by atoms with Crippen molar-refractivity contribution < 1.29 is 4.74 Å². The first-order valence-electron chi connectivity index (χ1n) is 20.9. The van der Waals surface area contributed by atoms with Gasteiger partial charge in [-0.15, -0.1) is 6.42 Å². The van der Waals surface area contributed by atoms with Crippen molar-refractivity contribution in [1.29, 1.82) is 0 Å². The Kier molecular flexibility index (Phi) is 10.1. The zero-order valence-electron chi connectivity index (χ0n) is 33.9. The number of allylic oxidation sites excluding steroid dienone is 2. The Labute approximate surface area is 358 Å². The molecule has 0 aromatic heterocycles. The standard InChI is InChI=1S/C59H43NO/c1-3-17-44-24-13-14-25-51(44)41(2)42-30-35-49(36-31-42)60(57-29-16-28-55-54-27-15-26-53(58(54)61-59(55)57)46-20-9-5-10-21-46)50-37-32-43(33-38-50)48-34-39-52(45-18-7-4-8-19-45)56(40-48)47-22-11-6-12-23-47/h1,4-40,55,59H,2H3/b44-17-,51-41+/t55-,59?/m0/s1. The number of hydrogen-bond acceptors (Lipinski definition) is 2. The average molecular weight is 782 g/mol. The molecule has 8 aromatic rings. The van der Waals surface area contributed by atoms with E-state index in [0.29, 0.717) is 0 Å². The number of anilines is 2. The van der Waals surface area contributed by atoms with Gasteiger partial charge in [-0.3, -0.25) is 0 Å². The zero-order valence-corrected chi connectivity index (χ0v) is 33.9. The average Bonchev–Trinajstić information content (AvgIpc) is 3.73. The van der Waals surface area contributed by atoms with Crippen molar-refractivity contribution in [3.63, 3.8) is 0 Å². The molecule has 0 N–H and O–H groups in total. The summed E-state index contributed by atoms with van der Waals surface area (Å²) in [6.07, 6.45) is 14.0. The van der Waals surface area contributed by atoms with Crippen molar-refractivity contribution in [2.24, 2.45) is 0 Å². The van der Waals surface area contributed by atoms with Crippen LogP contribution in [0.25, 0.3) is 56.2 Å². The van der Waals surface area contributed by atoms with Gasteiger partial charge in [0.1, 0.15) is 11.9 Å². The lowest BCUT2D eigenvalue weighted by Crippen LogP contribution is -2.32. The van der Waals surface area contributed by atoms with Crippen LogP contribution in [-0.2, 0) is 0 Å². The van der Waals surface area contributed by atoms with E-state index in [9.17, 15) is 0 Å². The maximum Gasteiger partial charge on any atom is 0.149 e. The predicted molar refractivity (Wildman–Crippen MR) is 255 cm³/mol. The molecule has 0 radical (unpaired) electrons. The van der Waals surface area contributed by atoms with E-state index in [0.717, 1.165) is 61.1 Å². The van der Waals surface area contributed by atoms with Crippen molar-refractivity contribution in [3.8, 4) is 62.6 Å². The van der Waals surface area contributed by atoms with Gasteiger partial charge < -0.3 is 9.64 Å². The molecule has 2 atom stereocenters. The first-order chi connectivity index (χ1) is 30.1. The minimum absolute atomic E-state index is 0.0683. The number of benzene rings is 8. The monoisotopic (exact) mass is 781 g/mol. The third-order valence-electron chi connectivity index (χ3n) is 12.0. The second-order valence-electron chi connectivity index (χ2n) is 15.6. The van der Waals surface area contributed by atoms with Gasteiger partial charge in [0.05, 0.1) is 5.70 Å². The van der Waals surface area contributed by atoms with Gasteiger partial charge >= 0.3 is 0 Å². The fourth-order valence-electron chi connectivity index (χ4n) is 8.95. The van der Waals surface area contributed by atoms with E-state index >= 15 is 0 Å². The summed E-state index contributed by atoms with van der Waals surface area (Å²) in [5.74, 6) is 3.73. The summed E-state index contributed by atoms with van der Waals surface area (Å²) < 4.78 is 7.10. The topological polar surface area (TPSA) is 12.5 Å². The molecule has 8 aromatic carbocycles. The molecule has 61 heavy (non-hydrogen) atoms. The molecular formula is C59H43NO. The molecule has 2 heteroatoms. The van der Waals surface area contributed by atoms with E-state index in [2.05, 4.69) is 230 Å². The molecular weight excluding hydrogens is 739 g/mol. The van der Waals surface area contributed by atoms with Crippen molar-refractivity contribution in [1.82, 2.24) is 0 Å². The van der Waals surface area contributed by atoms with E-state index in [1.165, 1.54) is 33.4 Å². The van der Waals surface area contributed by atoms with Crippen LogP contribution in [0.15, 0.2) is 224 Å². The molecule has 2 nitrogen and oxygen atoms in total. The van der Waals surface area contributed by atoms with Crippen molar-refractivity contribution in [3.05, 3.63) is 246 Å². The molecule has 1 unspecified atom stereocenters. The third kappa shape index (κ3) is 7.18. The van der Waals surface area contributed by atoms with Gasteiger partial charge in [0.15, 0.2) is 0 Å². The van der Waals surface area contributed by atoms with Gasteiger partial charge in [-0.05, 0) is 110 Å². The van der Waals surface area contributed by atoms with Crippen LogP contribution in [-0.4, -0.2) is 6.10 Å². The van der Waals surface area contributed by atoms with E-state index in [4.69, 9.17) is 11.2 Å². The Balaban J connectivity index is 1.06. The number of rotatable bonds is 8. The molecule has 0 spiro atoms. The summed E-state index contributed by atoms with van der Waals surface area (Å²) in [6.45, 7) is 2.16. The van der Waals surface area contributed by atoms with Crippen LogP contribution in [0, 0.1) is 12.3 Å². The second kappa shape index (κ2) is 16.4. The highest BCUT2D eigenvalue weighted by Gasteiger charge is 2.40. The highest BCUT2D eigenvalue weighted by molar-refractivity contribution is 5.87. The van der Waals surface area contributed by atoms with Gasteiger partial charge in [-0.25, -0.2) is 0 Å². The molecule has 0 amide bonds. The Morgan fingerprint density at radius 1 is 0.557 bits per heavy atom. The summed E-state index contributed by atoms with van der Waals surface area (Å²) >= 11 is 0.